The number of rotatable bonds is 5. The van der Waals surface area contributed by atoms with E-state index >= 15 is 0 Å². The summed E-state index contributed by atoms with van der Waals surface area (Å²) in [7, 11) is 0. The Bertz CT molecular complexity index is 1030. The van der Waals surface area contributed by atoms with Crippen LogP contribution in [0.2, 0.25) is 0 Å². The molecule has 0 radical (unpaired) electrons. The number of carbonyl (C=O) groups excluding carboxylic acids is 1. The van der Waals surface area contributed by atoms with Gasteiger partial charge in [-0.15, -0.1) is 0 Å². The minimum Gasteiger partial charge on any atom is -0.352 e. The third kappa shape index (κ3) is 4.79. The van der Waals surface area contributed by atoms with E-state index in [1.54, 1.807) is 6.20 Å². The summed E-state index contributed by atoms with van der Waals surface area (Å²) in [5.41, 5.74) is 1.92. The SMILES string of the molecule is O=C(Cc1cccc2cccnc12)NC1CCN(Cc2ccc(C(F)(F)F)cc2)C1. The minimum absolute atomic E-state index is 0.0369. The van der Waals surface area contributed by atoms with E-state index in [0.29, 0.717) is 13.1 Å². The van der Waals surface area contributed by atoms with Crippen LogP contribution in [-0.2, 0) is 23.9 Å². The van der Waals surface area contributed by atoms with E-state index in [4.69, 9.17) is 0 Å². The topological polar surface area (TPSA) is 45.2 Å². The highest BCUT2D eigenvalue weighted by atomic mass is 19.4. The minimum atomic E-state index is -4.32. The van der Waals surface area contributed by atoms with Gasteiger partial charge in [-0.25, -0.2) is 0 Å². The molecule has 0 saturated carbocycles. The van der Waals surface area contributed by atoms with Gasteiger partial charge < -0.3 is 5.32 Å². The average Bonchev–Trinajstić information content (AvgIpc) is 3.14. The molecule has 4 rings (SSSR count). The number of nitrogens with zero attached hydrogens (tertiary/aromatic N) is 2. The number of alkyl halides is 3. The van der Waals surface area contributed by atoms with Gasteiger partial charge in [0.1, 0.15) is 0 Å². The van der Waals surface area contributed by atoms with Gasteiger partial charge in [0.2, 0.25) is 5.91 Å². The first-order valence-corrected chi connectivity index (χ1v) is 9.89. The van der Waals surface area contributed by atoms with Gasteiger partial charge in [-0.3, -0.25) is 14.7 Å². The van der Waals surface area contributed by atoms with Gasteiger partial charge in [-0.1, -0.05) is 36.4 Å². The zero-order valence-electron chi connectivity index (χ0n) is 16.3. The molecule has 4 nitrogen and oxygen atoms in total. The normalized spacial score (nSPS) is 17.4. The van der Waals surface area contributed by atoms with Crippen molar-refractivity contribution < 1.29 is 18.0 Å². The molecule has 1 aliphatic heterocycles. The molecule has 156 valence electrons. The van der Waals surface area contributed by atoms with Gasteiger partial charge in [0.25, 0.3) is 0 Å². The quantitative estimate of drug-likeness (QED) is 0.682. The fraction of sp³-hybridized carbons (Fsp3) is 0.304. The molecule has 1 amide bonds. The number of hydrogen-bond donors (Lipinski definition) is 1. The number of aromatic nitrogens is 1. The number of nitrogens with one attached hydrogen (secondary N) is 1. The first kappa shape index (κ1) is 20.3. The lowest BCUT2D eigenvalue weighted by atomic mass is 10.1. The van der Waals surface area contributed by atoms with Crippen molar-refractivity contribution in [2.45, 2.75) is 31.6 Å². The van der Waals surface area contributed by atoms with Crippen LogP contribution in [0.25, 0.3) is 10.9 Å². The van der Waals surface area contributed by atoms with Crippen molar-refractivity contribution in [2.24, 2.45) is 0 Å². The van der Waals surface area contributed by atoms with Crippen LogP contribution >= 0.6 is 0 Å². The van der Waals surface area contributed by atoms with Crippen LogP contribution in [-0.4, -0.2) is 34.9 Å². The Morgan fingerprint density at radius 1 is 1.10 bits per heavy atom. The average molecular weight is 413 g/mol. The molecule has 1 aromatic heterocycles. The largest absolute Gasteiger partial charge is 0.416 e. The van der Waals surface area contributed by atoms with E-state index in [2.05, 4.69) is 15.2 Å². The highest BCUT2D eigenvalue weighted by Crippen LogP contribution is 2.29. The number of halogens is 3. The van der Waals surface area contributed by atoms with Gasteiger partial charge in [0.15, 0.2) is 0 Å². The number of hydrogen-bond acceptors (Lipinski definition) is 3. The Labute approximate surface area is 172 Å². The first-order chi connectivity index (χ1) is 14.4. The molecule has 1 unspecified atom stereocenters. The van der Waals surface area contributed by atoms with E-state index in [1.165, 1.54) is 12.1 Å². The van der Waals surface area contributed by atoms with Crippen LogP contribution in [0.3, 0.4) is 0 Å². The Morgan fingerprint density at radius 3 is 2.63 bits per heavy atom. The summed E-state index contributed by atoms with van der Waals surface area (Å²) in [5.74, 6) is -0.0467. The van der Waals surface area contributed by atoms with Gasteiger partial charge in [0.05, 0.1) is 17.5 Å². The fourth-order valence-corrected chi connectivity index (χ4v) is 3.91. The van der Waals surface area contributed by atoms with Crippen LogP contribution in [0.5, 0.6) is 0 Å². The van der Waals surface area contributed by atoms with Gasteiger partial charge in [-0.2, -0.15) is 13.2 Å². The van der Waals surface area contributed by atoms with Crippen molar-refractivity contribution in [1.82, 2.24) is 15.2 Å². The highest BCUT2D eigenvalue weighted by molar-refractivity contribution is 5.87. The molecule has 0 spiro atoms. The van der Waals surface area contributed by atoms with E-state index in [9.17, 15) is 18.0 Å². The molecule has 1 atom stereocenters. The predicted octanol–water partition coefficient (Wildman–Crippen LogP) is 4.19. The third-order valence-electron chi connectivity index (χ3n) is 5.39. The smallest absolute Gasteiger partial charge is 0.352 e. The molecular formula is C23H22F3N3O. The van der Waals surface area contributed by atoms with Gasteiger partial charge in [-0.05, 0) is 35.7 Å². The number of likely N-dealkylation sites (tertiary alicyclic amines) is 1. The number of benzene rings is 2. The summed E-state index contributed by atoms with van der Waals surface area (Å²) in [6.45, 7) is 2.04. The van der Waals surface area contributed by atoms with Crippen LogP contribution < -0.4 is 5.32 Å². The Morgan fingerprint density at radius 2 is 1.87 bits per heavy atom. The van der Waals surface area contributed by atoms with Crippen LogP contribution in [0.1, 0.15) is 23.1 Å². The summed E-state index contributed by atoms with van der Waals surface area (Å²) in [6, 6.07) is 15.0. The predicted molar refractivity (Wildman–Crippen MR) is 109 cm³/mol. The fourth-order valence-electron chi connectivity index (χ4n) is 3.91. The van der Waals surface area contributed by atoms with Crippen molar-refractivity contribution in [3.05, 3.63) is 77.5 Å². The van der Waals surface area contributed by atoms with Crippen molar-refractivity contribution in [2.75, 3.05) is 13.1 Å². The van der Waals surface area contributed by atoms with Crippen molar-refractivity contribution in [3.63, 3.8) is 0 Å². The summed E-state index contributed by atoms with van der Waals surface area (Å²) in [5, 5.41) is 4.09. The number of pyridine rings is 1. The maximum atomic E-state index is 12.7. The lowest BCUT2D eigenvalue weighted by Gasteiger charge is -2.17. The summed E-state index contributed by atoms with van der Waals surface area (Å²) in [6.07, 6.45) is -1.51. The molecule has 0 bridgehead atoms. The molecule has 7 heteroatoms. The van der Waals surface area contributed by atoms with Crippen LogP contribution in [0.15, 0.2) is 60.8 Å². The summed E-state index contributed by atoms with van der Waals surface area (Å²) >= 11 is 0. The van der Waals surface area contributed by atoms with Gasteiger partial charge in [0, 0.05) is 37.3 Å². The van der Waals surface area contributed by atoms with Gasteiger partial charge >= 0.3 is 6.18 Å². The Kier molecular flexibility index (Phi) is 5.72. The van der Waals surface area contributed by atoms with Crippen molar-refractivity contribution in [1.29, 1.82) is 0 Å². The molecule has 1 fully saturated rings. The van der Waals surface area contributed by atoms with E-state index in [-0.39, 0.29) is 18.4 Å². The highest BCUT2D eigenvalue weighted by Gasteiger charge is 2.30. The molecule has 1 saturated heterocycles. The Balaban J connectivity index is 1.31. The zero-order valence-corrected chi connectivity index (χ0v) is 16.3. The summed E-state index contributed by atoms with van der Waals surface area (Å²) < 4.78 is 38.1. The number of fused-ring (bicyclic) bond motifs is 1. The molecule has 1 aliphatic rings. The molecule has 30 heavy (non-hydrogen) atoms. The number of carbonyl (C=O) groups is 1. The van der Waals surface area contributed by atoms with Crippen LogP contribution in [0.4, 0.5) is 13.2 Å². The van der Waals surface area contributed by atoms with Crippen molar-refractivity contribution >= 4 is 16.8 Å². The standard InChI is InChI=1S/C23H22F3N3O/c24-23(25,26)19-8-6-16(7-9-19)14-29-12-10-20(15-29)28-21(30)13-18-4-1-3-17-5-2-11-27-22(17)18/h1-9,11,20H,10,12-15H2,(H,28,30). The second-order valence-electron chi connectivity index (χ2n) is 7.65. The van der Waals surface area contributed by atoms with Crippen molar-refractivity contribution in [3.8, 4) is 0 Å². The molecule has 1 N–H and O–H groups in total. The lowest BCUT2D eigenvalue weighted by Crippen LogP contribution is -2.37. The maximum absolute atomic E-state index is 12.7. The molecule has 3 aromatic rings. The second-order valence-corrected chi connectivity index (χ2v) is 7.65. The maximum Gasteiger partial charge on any atom is 0.416 e. The number of para-hydroxylation sites is 1. The van der Waals surface area contributed by atoms with E-state index in [0.717, 1.165) is 47.1 Å². The summed E-state index contributed by atoms with van der Waals surface area (Å²) in [4.78, 5) is 19.1. The molecule has 2 aromatic carbocycles. The van der Waals surface area contributed by atoms with E-state index < -0.39 is 11.7 Å². The monoisotopic (exact) mass is 413 g/mol. The lowest BCUT2D eigenvalue weighted by molar-refractivity contribution is -0.137. The van der Waals surface area contributed by atoms with E-state index in [1.807, 2.05) is 30.3 Å². The number of amides is 1. The third-order valence-corrected chi connectivity index (χ3v) is 5.39. The first-order valence-electron chi connectivity index (χ1n) is 9.89. The zero-order chi connectivity index (χ0) is 21.1. The van der Waals surface area contributed by atoms with Crippen LogP contribution in [0, 0.1) is 0 Å². The Hall–Kier alpha value is -2.93. The molecule has 0 aliphatic carbocycles. The second kappa shape index (κ2) is 8.44. The molecular weight excluding hydrogens is 391 g/mol. The molecule has 2 heterocycles.